The number of rotatable bonds is 7. The molecule has 0 aliphatic heterocycles. The molecule has 2 N–H and O–H groups in total. The molecule has 0 radical (unpaired) electrons. The van der Waals surface area contributed by atoms with Gasteiger partial charge in [0.2, 0.25) is 0 Å². The first-order valence-corrected chi connectivity index (χ1v) is 5.85. The summed E-state index contributed by atoms with van der Waals surface area (Å²) in [5, 5.41) is 0.446. The van der Waals surface area contributed by atoms with Crippen LogP contribution in [0.15, 0.2) is 18.2 Å². The first kappa shape index (κ1) is 14.8. The smallest absolute Gasteiger partial charge is 0.341 e. The van der Waals surface area contributed by atoms with Crippen LogP contribution in [0.5, 0.6) is 5.75 Å². The molecule has 18 heavy (non-hydrogen) atoms. The van der Waals surface area contributed by atoms with Crippen molar-refractivity contribution in [1.82, 2.24) is 0 Å². The zero-order valence-electron chi connectivity index (χ0n) is 10.1. The third kappa shape index (κ3) is 4.52. The fourth-order valence-corrected chi connectivity index (χ4v) is 1.47. The Balaban J connectivity index is 2.61. The lowest BCUT2D eigenvalue weighted by Gasteiger charge is -2.10. The number of benzene rings is 1. The lowest BCUT2D eigenvalue weighted by molar-refractivity contribution is 0.0591. The molecule has 0 amide bonds. The number of esters is 1. The van der Waals surface area contributed by atoms with E-state index in [0.29, 0.717) is 42.7 Å². The Labute approximate surface area is 111 Å². The van der Waals surface area contributed by atoms with Gasteiger partial charge in [0.15, 0.2) is 0 Å². The van der Waals surface area contributed by atoms with Crippen LogP contribution in [-0.2, 0) is 9.47 Å². The van der Waals surface area contributed by atoms with Crippen LogP contribution in [-0.4, -0.2) is 39.4 Å². The molecule has 100 valence electrons. The van der Waals surface area contributed by atoms with Crippen LogP contribution >= 0.6 is 11.6 Å². The van der Waals surface area contributed by atoms with Crippen molar-refractivity contribution < 1.29 is 19.0 Å². The molecule has 0 aliphatic carbocycles. The number of hydrogen-bond acceptors (Lipinski definition) is 5. The van der Waals surface area contributed by atoms with Crippen molar-refractivity contribution in [2.75, 3.05) is 33.5 Å². The molecule has 0 aromatic heterocycles. The molecule has 0 heterocycles. The normalized spacial score (nSPS) is 10.2. The summed E-state index contributed by atoms with van der Waals surface area (Å²) in [6, 6.07) is 4.77. The van der Waals surface area contributed by atoms with Crippen molar-refractivity contribution in [3.63, 3.8) is 0 Å². The third-order valence-electron chi connectivity index (χ3n) is 2.09. The van der Waals surface area contributed by atoms with Crippen LogP contribution < -0.4 is 10.5 Å². The maximum Gasteiger partial charge on any atom is 0.341 e. The molecule has 0 atom stereocenters. The lowest BCUT2D eigenvalue weighted by Crippen LogP contribution is -2.14. The fourth-order valence-electron chi connectivity index (χ4n) is 1.29. The van der Waals surface area contributed by atoms with E-state index in [-0.39, 0.29) is 0 Å². The molecule has 6 heteroatoms. The van der Waals surface area contributed by atoms with Gasteiger partial charge in [-0.05, 0) is 18.2 Å². The Bertz CT molecular complexity index is 398. The van der Waals surface area contributed by atoms with E-state index < -0.39 is 5.97 Å². The van der Waals surface area contributed by atoms with Gasteiger partial charge >= 0.3 is 5.97 Å². The number of halogens is 1. The summed E-state index contributed by atoms with van der Waals surface area (Å²) >= 11 is 5.82. The number of hydrogen-bond donors (Lipinski definition) is 1. The van der Waals surface area contributed by atoms with E-state index in [0.717, 1.165) is 0 Å². The molecule has 0 fully saturated rings. The summed E-state index contributed by atoms with van der Waals surface area (Å²) in [7, 11) is 1.30. The molecule has 1 aromatic carbocycles. The summed E-state index contributed by atoms with van der Waals surface area (Å²) in [4.78, 5) is 11.5. The van der Waals surface area contributed by atoms with Gasteiger partial charge in [-0.25, -0.2) is 4.79 Å². The lowest BCUT2D eigenvalue weighted by atomic mass is 10.2. The topological polar surface area (TPSA) is 70.8 Å². The van der Waals surface area contributed by atoms with Gasteiger partial charge in [-0.2, -0.15) is 0 Å². The van der Waals surface area contributed by atoms with Gasteiger partial charge < -0.3 is 19.9 Å². The standard InChI is InChI=1S/C12H16ClNO4/c1-16-12(15)10-8-9(13)2-3-11(10)18-7-6-17-5-4-14/h2-3,8H,4-7,14H2,1H3. The molecule has 5 nitrogen and oxygen atoms in total. The molecular weight excluding hydrogens is 258 g/mol. The minimum absolute atomic E-state index is 0.295. The van der Waals surface area contributed by atoms with Gasteiger partial charge in [0.1, 0.15) is 17.9 Å². The highest BCUT2D eigenvalue weighted by atomic mass is 35.5. The highest BCUT2D eigenvalue weighted by molar-refractivity contribution is 6.31. The van der Waals surface area contributed by atoms with Gasteiger partial charge in [0.25, 0.3) is 0 Å². The second-order valence-corrected chi connectivity index (χ2v) is 3.82. The van der Waals surface area contributed by atoms with Crippen LogP contribution in [0.4, 0.5) is 0 Å². The molecule has 0 unspecified atom stereocenters. The van der Waals surface area contributed by atoms with Crippen molar-refractivity contribution in [1.29, 1.82) is 0 Å². The van der Waals surface area contributed by atoms with E-state index in [9.17, 15) is 4.79 Å². The van der Waals surface area contributed by atoms with Crippen molar-refractivity contribution in [2.45, 2.75) is 0 Å². The summed E-state index contributed by atoms with van der Waals surface area (Å²) in [6.45, 7) is 1.67. The van der Waals surface area contributed by atoms with E-state index in [1.807, 2.05) is 0 Å². The summed E-state index contributed by atoms with van der Waals surface area (Å²) < 4.78 is 15.3. The van der Waals surface area contributed by atoms with E-state index >= 15 is 0 Å². The van der Waals surface area contributed by atoms with Gasteiger partial charge in [-0.3, -0.25) is 0 Å². The Morgan fingerprint density at radius 3 is 2.78 bits per heavy atom. The van der Waals surface area contributed by atoms with Crippen LogP contribution in [0.1, 0.15) is 10.4 Å². The minimum atomic E-state index is -0.490. The Hall–Kier alpha value is -1.30. The summed E-state index contributed by atoms with van der Waals surface area (Å²) in [5.41, 5.74) is 5.57. The maximum atomic E-state index is 11.5. The predicted molar refractivity (Wildman–Crippen MR) is 68.2 cm³/mol. The van der Waals surface area contributed by atoms with Crippen LogP contribution in [0.2, 0.25) is 5.02 Å². The Kier molecular flexibility index (Phi) is 6.49. The molecular formula is C12H16ClNO4. The van der Waals surface area contributed by atoms with Crippen molar-refractivity contribution in [3.8, 4) is 5.75 Å². The highest BCUT2D eigenvalue weighted by Gasteiger charge is 2.13. The van der Waals surface area contributed by atoms with E-state index in [1.54, 1.807) is 12.1 Å². The van der Waals surface area contributed by atoms with Crippen molar-refractivity contribution in [3.05, 3.63) is 28.8 Å². The minimum Gasteiger partial charge on any atom is -0.490 e. The zero-order valence-corrected chi connectivity index (χ0v) is 10.9. The largest absolute Gasteiger partial charge is 0.490 e. The predicted octanol–water partition coefficient (Wildman–Crippen LogP) is 1.48. The second-order valence-electron chi connectivity index (χ2n) is 3.38. The first-order chi connectivity index (χ1) is 8.69. The average molecular weight is 274 g/mol. The SMILES string of the molecule is COC(=O)c1cc(Cl)ccc1OCCOCCN. The summed E-state index contributed by atoms with van der Waals surface area (Å²) in [5.74, 6) is -0.0713. The number of methoxy groups -OCH3 is 1. The molecule has 0 saturated heterocycles. The van der Waals surface area contributed by atoms with Gasteiger partial charge in [0.05, 0.1) is 20.3 Å². The number of carbonyl (C=O) groups is 1. The monoisotopic (exact) mass is 273 g/mol. The van der Waals surface area contributed by atoms with Gasteiger partial charge in [-0.1, -0.05) is 11.6 Å². The first-order valence-electron chi connectivity index (χ1n) is 5.47. The van der Waals surface area contributed by atoms with Crippen LogP contribution in [0.25, 0.3) is 0 Å². The van der Waals surface area contributed by atoms with Crippen LogP contribution in [0.3, 0.4) is 0 Å². The molecule has 1 aromatic rings. The van der Waals surface area contributed by atoms with Crippen molar-refractivity contribution in [2.24, 2.45) is 5.73 Å². The van der Waals surface area contributed by atoms with Gasteiger partial charge in [0, 0.05) is 11.6 Å². The number of nitrogens with two attached hydrogens (primary N) is 1. The molecule has 0 aliphatic rings. The quantitative estimate of drug-likeness (QED) is 0.602. The summed E-state index contributed by atoms with van der Waals surface area (Å²) in [6.07, 6.45) is 0. The average Bonchev–Trinajstić information content (AvgIpc) is 2.39. The third-order valence-corrected chi connectivity index (χ3v) is 2.33. The van der Waals surface area contributed by atoms with Crippen molar-refractivity contribution >= 4 is 17.6 Å². The van der Waals surface area contributed by atoms with E-state index in [4.69, 9.17) is 26.8 Å². The second kappa shape index (κ2) is 7.92. The molecule has 0 bridgehead atoms. The number of carbonyl (C=O) groups excluding carboxylic acids is 1. The zero-order chi connectivity index (χ0) is 13.4. The van der Waals surface area contributed by atoms with Crippen LogP contribution in [0, 0.1) is 0 Å². The van der Waals surface area contributed by atoms with E-state index in [1.165, 1.54) is 13.2 Å². The Morgan fingerprint density at radius 1 is 1.33 bits per heavy atom. The Morgan fingerprint density at radius 2 is 2.11 bits per heavy atom. The molecule has 0 saturated carbocycles. The fraction of sp³-hybridized carbons (Fsp3) is 0.417. The molecule has 0 spiro atoms. The maximum absolute atomic E-state index is 11.5. The highest BCUT2D eigenvalue weighted by Crippen LogP contribution is 2.23. The molecule has 1 rings (SSSR count). The number of ether oxygens (including phenoxy) is 3. The van der Waals surface area contributed by atoms with E-state index in [2.05, 4.69) is 4.74 Å². The van der Waals surface area contributed by atoms with Gasteiger partial charge in [-0.15, -0.1) is 0 Å².